The summed E-state index contributed by atoms with van der Waals surface area (Å²) in [6, 6.07) is 11.3. The molecule has 4 nitrogen and oxygen atoms in total. The topological polar surface area (TPSA) is 37.3 Å². The van der Waals surface area contributed by atoms with Crippen LogP contribution in [-0.2, 0) is 17.9 Å². The first-order valence-electron chi connectivity index (χ1n) is 7.88. The highest BCUT2D eigenvalue weighted by molar-refractivity contribution is 5.81. The van der Waals surface area contributed by atoms with Gasteiger partial charge in [-0.25, -0.2) is 0 Å². The normalized spacial score (nSPS) is 23.0. The van der Waals surface area contributed by atoms with Crippen LogP contribution in [0.4, 0.5) is 0 Å². The van der Waals surface area contributed by atoms with Gasteiger partial charge in [-0.15, -0.1) is 0 Å². The lowest BCUT2D eigenvalue weighted by Crippen LogP contribution is -2.38. The van der Waals surface area contributed by atoms with Gasteiger partial charge in [0.15, 0.2) is 0 Å². The summed E-state index contributed by atoms with van der Waals surface area (Å²) in [6.07, 6.45) is 2.85. The maximum atomic E-state index is 11.3. The monoisotopic (exact) mass is 283 g/mol. The fourth-order valence-corrected chi connectivity index (χ4v) is 3.70. The number of amides is 1. The summed E-state index contributed by atoms with van der Waals surface area (Å²) in [6.45, 7) is 4.17. The zero-order valence-electron chi connectivity index (χ0n) is 12.2. The van der Waals surface area contributed by atoms with E-state index >= 15 is 0 Å². The Balaban J connectivity index is 1.56. The first-order chi connectivity index (χ1) is 10.3. The summed E-state index contributed by atoms with van der Waals surface area (Å²) < 4.78 is 2.46. The Hall–Kier alpha value is -1.81. The van der Waals surface area contributed by atoms with E-state index in [-0.39, 0.29) is 5.91 Å². The Kier molecular flexibility index (Phi) is 3.19. The molecule has 3 heterocycles. The Morgan fingerprint density at radius 2 is 2.14 bits per heavy atom. The molecule has 1 aromatic carbocycles. The van der Waals surface area contributed by atoms with Crippen molar-refractivity contribution in [2.24, 2.45) is 0 Å². The Bertz CT molecular complexity index is 676. The van der Waals surface area contributed by atoms with Crippen LogP contribution in [0, 0.1) is 0 Å². The van der Waals surface area contributed by atoms with Gasteiger partial charge in [-0.3, -0.25) is 9.69 Å². The minimum atomic E-state index is 0.212. The maximum absolute atomic E-state index is 11.3. The van der Waals surface area contributed by atoms with E-state index in [9.17, 15) is 4.79 Å². The number of nitrogens with one attached hydrogen (secondary N) is 1. The second kappa shape index (κ2) is 5.19. The molecule has 0 unspecified atom stereocenters. The third-order valence-corrected chi connectivity index (χ3v) is 4.70. The molecule has 21 heavy (non-hydrogen) atoms. The summed E-state index contributed by atoms with van der Waals surface area (Å²) in [5.41, 5.74) is 2.75. The van der Waals surface area contributed by atoms with Crippen molar-refractivity contribution in [1.29, 1.82) is 0 Å². The van der Waals surface area contributed by atoms with Crippen molar-refractivity contribution < 1.29 is 4.79 Å². The molecular formula is C17H21N3O. The van der Waals surface area contributed by atoms with Crippen LogP contribution >= 0.6 is 0 Å². The van der Waals surface area contributed by atoms with E-state index in [1.807, 2.05) is 0 Å². The van der Waals surface area contributed by atoms with Crippen molar-refractivity contribution in [2.45, 2.75) is 38.4 Å². The SMILES string of the molecule is O=C1CC[C@@H](CN2CCCn3c(cc4ccccc43)C2)N1. The van der Waals surface area contributed by atoms with E-state index in [1.165, 1.54) is 23.0 Å². The highest BCUT2D eigenvalue weighted by Crippen LogP contribution is 2.24. The second-order valence-electron chi connectivity index (χ2n) is 6.24. The number of hydrogen-bond acceptors (Lipinski definition) is 2. The molecule has 110 valence electrons. The van der Waals surface area contributed by atoms with Crippen LogP contribution in [0.5, 0.6) is 0 Å². The van der Waals surface area contributed by atoms with Crippen LogP contribution < -0.4 is 5.32 Å². The van der Waals surface area contributed by atoms with E-state index < -0.39 is 0 Å². The summed E-state index contributed by atoms with van der Waals surface area (Å²) in [7, 11) is 0. The predicted molar refractivity (Wildman–Crippen MR) is 83.0 cm³/mol. The van der Waals surface area contributed by atoms with Crippen molar-refractivity contribution in [2.75, 3.05) is 13.1 Å². The molecule has 2 aromatic rings. The summed E-state index contributed by atoms with van der Waals surface area (Å²) in [4.78, 5) is 13.8. The number of para-hydroxylation sites is 1. The zero-order chi connectivity index (χ0) is 14.2. The van der Waals surface area contributed by atoms with Crippen molar-refractivity contribution in [3.05, 3.63) is 36.0 Å². The molecule has 0 saturated carbocycles. The number of carbonyl (C=O) groups excluding carboxylic acids is 1. The van der Waals surface area contributed by atoms with Gasteiger partial charge in [0.2, 0.25) is 5.91 Å². The van der Waals surface area contributed by atoms with Crippen LogP contribution in [0.1, 0.15) is 25.0 Å². The highest BCUT2D eigenvalue weighted by atomic mass is 16.1. The van der Waals surface area contributed by atoms with Crippen molar-refractivity contribution in [1.82, 2.24) is 14.8 Å². The second-order valence-corrected chi connectivity index (χ2v) is 6.24. The van der Waals surface area contributed by atoms with Crippen LogP contribution in [0.15, 0.2) is 30.3 Å². The van der Waals surface area contributed by atoms with Gasteiger partial charge in [-0.05, 0) is 30.4 Å². The number of fused-ring (bicyclic) bond motifs is 3. The molecule has 4 heteroatoms. The van der Waals surface area contributed by atoms with Gasteiger partial charge < -0.3 is 9.88 Å². The molecule has 2 aliphatic heterocycles. The lowest BCUT2D eigenvalue weighted by atomic mass is 10.2. The first-order valence-corrected chi connectivity index (χ1v) is 7.88. The van der Waals surface area contributed by atoms with E-state index in [1.54, 1.807) is 0 Å². The largest absolute Gasteiger partial charge is 0.352 e. The molecule has 1 fully saturated rings. The molecule has 1 atom stereocenters. The number of benzene rings is 1. The van der Waals surface area contributed by atoms with Gasteiger partial charge in [-0.1, -0.05) is 18.2 Å². The number of nitrogens with zero attached hydrogens (tertiary/aromatic N) is 2. The smallest absolute Gasteiger partial charge is 0.220 e. The fourth-order valence-electron chi connectivity index (χ4n) is 3.70. The summed E-state index contributed by atoms with van der Waals surface area (Å²) in [5.74, 6) is 0.212. The minimum absolute atomic E-state index is 0.212. The third-order valence-electron chi connectivity index (χ3n) is 4.70. The van der Waals surface area contributed by atoms with E-state index in [4.69, 9.17) is 0 Å². The molecule has 0 spiro atoms. The first kappa shape index (κ1) is 12.9. The van der Waals surface area contributed by atoms with Crippen LogP contribution in [0.25, 0.3) is 10.9 Å². The zero-order valence-corrected chi connectivity index (χ0v) is 12.2. The number of carbonyl (C=O) groups is 1. The standard InChI is InChI=1S/C17H21N3O/c21-17-7-6-14(18-17)11-19-8-3-9-20-15(12-19)10-13-4-1-2-5-16(13)20/h1-2,4-5,10,14H,3,6-9,11-12H2,(H,18,21)/t14-/m0/s1. The van der Waals surface area contributed by atoms with E-state index in [2.05, 4.69) is 45.1 Å². The average Bonchev–Trinajstić information content (AvgIpc) is 2.97. The minimum Gasteiger partial charge on any atom is -0.352 e. The molecule has 1 amide bonds. The van der Waals surface area contributed by atoms with Gasteiger partial charge >= 0.3 is 0 Å². The van der Waals surface area contributed by atoms with Crippen molar-refractivity contribution in [3.8, 4) is 0 Å². The molecular weight excluding hydrogens is 262 g/mol. The molecule has 0 radical (unpaired) electrons. The van der Waals surface area contributed by atoms with E-state index in [0.29, 0.717) is 12.5 Å². The van der Waals surface area contributed by atoms with Gasteiger partial charge in [0.1, 0.15) is 0 Å². The lowest BCUT2D eigenvalue weighted by Gasteiger charge is -2.23. The van der Waals surface area contributed by atoms with Crippen LogP contribution in [-0.4, -0.2) is 34.5 Å². The Morgan fingerprint density at radius 3 is 3.00 bits per heavy atom. The Labute approximate surface area is 124 Å². The molecule has 4 rings (SSSR count). The van der Waals surface area contributed by atoms with Crippen molar-refractivity contribution >= 4 is 16.8 Å². The van der Waals surface area contributed by atoms with Crippen LogP contribution in [0.3, 0.4) is 0 Å². The summed E-state index contributed by atoms with van der Waals surface area (Å²) in [5, 5.41) is 4.42. The van der Waals surface area contributed by atoms with Crippen LogP contribution in [0.2, 0.25) is 0 Å². The Morgan fingerprint density at radius 1 is 1.24 bits per heavy atom. The van der Waals surface area contributed by atoms with Gasteiger partial charge in [-0.2, -0.15) is 0 Å². The molecule has 1 saturated heterocycles. The number of hydrogen-bond donors (Lipinski definition) is 1. The lowest BCUT2D eigenvalue weighted by molar-refractivity contribution is -0.119. The van der Waals surface area contributed by atoms with Gasteiger partial charge in [0.05, 0.1) is 0 Å². The number of aryl methyl sites for hydroxylation is 1. The molecule has 0 aliphatic carbocycles. The highest BCUT2D eigenvalue weighted by Gasteiger charge is 2.24. The van der Waals surface area contributed by atoms with Gasteiger partial charge in [0.25, 0.3) is 0 Å². The predicted octanol–water partition coefficient (Wildman–Crippen LogP) is 2.13. The average molecular weight is 283 g/mol. The fraction of sp³-hybridized carbons (Fsp3) is 0.471. The summed E-state index contributed by atoms with van der Waals surface area (Å²) >= 11 is 0. The van der Waals surface area contributed by atoms with Crippen molar-refractivity contribution in [3.63, 3.8) is 0 Å². The molecule has 1 N–H and O–H groups in total. The molecule has 2 aliphatic rings. The maximum Gasteiger partial charge on any atom is 0.220 e. The number of rotatable bonds is 2. The van der Waals surface area contributed by atoms with Gasteiger partial charge in [0, 0.05) is 49.9 Å². The number of aromatic nitrogens is 1. The molecule has 1 aromatic heterocycles. The quantitative estimate of drug-likeness (QED) is 0.916. The molecule has 0 bridgehead atoms. The van der Waals surface area contributed by atoms with E-state index in [0.717, 1.165) is 32.6 Å². The third kappa shape index (κ3) is 2.44.